The summed E-state index contributed by atoms with van der Waals surface area (Å²) in [6.45, 7) is 14.9. The number of hydrogen-bond acceptors (Lipinski definition) is 0. The van der Waals surface area contributed by atoms with Gasteiger partial charge in [0.05, 0.1) is 0 Å². The third kappa shape index (κ3) is 0.926. The van der Waals surface area contributed by atoms with Crippen molar-refractivity contribution in [2.75, 3.05) is 0 Å². The Labute approximate surface area is 83.1 Å². The van der Waals surface area contributed by atoms with Gasteiger partial charge in [-0.25, -0.2) is 0 Å². The van der Waals surface area contributed by atoms with Crippen LogP contribution in [0.15, 0.2) is 0 Å². The maximum absolute atomic E-state index is 2.48. The maximum Gasteiger partial charge on any atom is -0.0267 e. The monoisotopic (exact) mass is 180 g/mol. The normalized spacial score (nSPS) is 43.8. The highest BCUT2D eigenvalue weighted by atomic mass is 14.7. The van der Waals surface area contributed by atoms with Crippen LogP contribution in [0.1, 0.15) is 54.4 Å². The van der Waals surface area contributed by atoms with Crippen LogP contribution in [-0.2, 0) is 0 Å². The summed E-state index contributed by atoms with van der Waals surface area (Å²) in [7, 11) is 0. The Kier molecular flexibility index (Phi) is 1.58. The highest BCUT2D eigenvalue weighted by Gasteiger charge is 2.63. The molecule has 0 heteroatoms. The maximum atomic E-state index is 2.48. The number of rotatable bonds is 0. The molecule has 0 saturated heterocycles. The molecule has 2 unspecified atom stereocenters. The third-order valence-corrected chi connectivity index (χ3v) is 5.79. The molecule has 2 rings (SSSR count). The van der Waals surface area contributed by atoms with E-state index in [-0.39, 0.29) is 0 Å². The van der Waals surface area contributed by atoms with Crippen molar-refractivity contribution in [1.29, 1.82) is 0 Å². The van der Waals surface area contributed by atoms with Gasteiger partial charge in [-0.1, -0.05) is 41.5 Å². The van der Waals surface area contributed by atoms with E-state index in [9.17, 15) is 0 Å². The Morgan fingerprint density at radius 1 is 0.846 bits per heavy atom. The van der Waals surface area contributed by atoms with E-state index in [4.69, 9.17) is 0 Å². The smallest absolute Gasteiger partial charge is 0.0267 e. The van der Waals surface area contributed by atoms with E-state index in [1.54, 1.807) is 0 Å². The predicted octanol–water partition coefficient (Wildman–Crippen LogP) is 4.10. The summed E-state index contributed by atoms with van der Waals surface area (Å²) >= 11 is 0. The van der Waals surface area contributed by atoms with Crippen molar-refractivity contribution in [3.05, 3.63) is 0 Å². The first kappa shape index (κ1) is 9.55. The summed E-state index contributed by atoms with van der Waals surface area (Å²) in [5, 5.41) is 0. The molecule has 0 aromatic rings. The Balaban J connectivity index is 2.41. The lowest BCUT2D eigenvalue weighted by molar-refractivity contribution is -0.0282. The van der Waals surface area contributed by atoms with Gasteiger partial charge in [0.25, 0.3) is 0 Å². The Morgan fingerprint density at radius 2 is 1.38 bits per heavy atom. The van der Waals surface area contributed by atoms with Gasteiger partial charge in [-0.2, -0.15) is 0 Å². The predicted molar refractivity (Wildman–Crippen MR) is 57.6 cm³/mol. The molecule has 76 valence electrons. The average Bonchev–Trinajstić information content (AvgIpc) is 2.31. The third-order valence-electron chi connectivity index (χ3n) is 5.79. The van der Waals surface area contributed by atoms with Crippen LogP contribution in [0, 0.1) is 28.1 Å². The molecule has 0 aliphatic heterocycles. The minimum absolute atomic E-state index is 0.541. The first-order chi connectivity index (χ1) is 5.69. The molecule has 0 spiro atoms. The van der Waals surface area contributed by atoms with Gasteiger partial charge in [-0.3, -0.25) is 0 Å². The standard InChI is InChI=1S/C13H24/c1-11(2)8-9-7-10(11)13(5,6)12(9,3)4/h9-10H,7-8H2,1-6H3. The molecule has 13 heavy (non-hydrogen) atoms. The lowest BCUT2D eigenvalue weighted by Gasteiger charge is -2.51. The molecular formula is C13H24. The van der Waals surface area contributed by atoms with E-state index in [0.29, 0.717) is 16.2 Å². The Hall–Kier alpha value is 0. The second kappa shape index (κ2) is 2.15. The van der Waals surface area contributed by atoms with Gasteiger partial charge in [0.1, 0.15) is 0 Å². The van der Waals surface area contributed by atoms with Crippen LogP contribution in [0.25, 0.3) is 0 Å². The minimum atomic E-state index is 0.541. The molecule has 0 amide bonds. The summed E-state index contributed by atoms with van der Waals surface area (Å²) in [6, 6.07) is 0. The van der Waals surface area contributed by atoms with E-state index in [0.717, 1.165) is 11.8 Å². The van der Waals surface area contributed by atoms with Crippen LogP contribution < -0.4 is 0 Å². The Morgan fingerprint density at radius 3 is 1.69 bits per heavy atom. The fraction of sp³-hybridized carbons (Fsp3) is 1.00. The topological polar surface area (TPSA) is 0 Å². The lowest BCUT2D eigenvalue weighted by atomic mass is 9.53. The van der Waals surface area contributed by atoms with E-state index < -0.39 is 0 Å². The molecule has 2 aliphatic rings. The van der Waals surface area contributed by atoms with E-state index in [1.165, 1.54) is 12.8 Å². The molecule has 0 radical (unpaired) electrons. The fourth-order valence-electron chi connectivity index (χ4n) is 4.26. The van der Waals surface area contributed by atoms with Crippen molar-refractivity contribution >= 4 is 0 Å². The van der Waals surface area contributed by atoms with Crippen molar-refractivity contribution < 1.29 is 0 Å². The van der Waals surface area contributed by atoms with Crippen LogP contribution in [0.4, 0.5) is 0 Å². The lowest BCUT2D eigenvalue weighted by Crippen LogP contribution is -2.44. The number of fused-ring (bicyclic) bond motifs is 2. The van der Waals surface area contributed by atoms with E-state index in [2.05, 4.69) is 41.5 Å². The van der Waals surface area contributed by atoms with Gasteiger partial charge in [-0.05, 0) is 40.9 Å². The van der Waals surface area contributed by atoms with Crippen LogP contribution in [0.3, 0.4) is 0 Å². The largest absolute Gasteiger partial charge is 0.0596 e. The van der Waals surface area contributed by atoms with Crippen molar-refractivity contribution in [3.8, 4) is 0 Å². The molecule has 2 aliphatic carbocycles. The molecule has 0 aromatic carbocycles. The molecule has 0 heterocycles. The van der Waals surface area contributed by atoms with E-state index in [1.807, 2.05) is 0 Å². The van der Waals surface area contributed by atoms with Gasteiger partial charge in [0, 0.05) is 0 Å². The molecule has 2 saturated carbocycles. The van der Waals surface area contributed by atoms with Gasteiger partial charge >= 0.3 is 0 Å². The minimum Gasteiger partial charge on any atom is -0.0596 e. The van der Waals surface area contributed by atoms with E-state index >= 15 is 0 Å². The quantitative estimate of drug-likeness (QED) is 0.526. The zero-order valence-corrected chi connectivity index (χ0v) is 10.1. The van der Waals surface area contributed by atoms with Crippen LogP contribution in [0.5, 0.6) is 0 Å². The van der Waals surface area contributed by atoms with Crippen molar-refractivity contribution in [2.45, 2.75) is 54.4 Å². The highest BCUT2D eigenvalue weighted by molar-refractivity contribution is 5.12. The SMILES string of the molecule is CC1(C)CC2CC1C(C)(C)C2(C)C. The van der Waals surface area contributed by atoms with Gasteiger partial charge in [-0.15, -0.1) is 0 Å². The second-order valence-corrected chi connectivity index (χ2v) is 7.12. The summed E-state index contributed by atoms with van der Waals surface area (Å²) < 4.78 is 0. The highest BCUT2D eigenvalue weighted by Crippen LogP contribution is 2.71. The summed E-state index contributed by atoms with van der Waals surface area (Å²) in [5.41, 5.74) is 1.70. The molecule has 0 nitrogen and oxygen atoms in total. The van der Waals surface area contributed by atoms with Crippen LogP contribution >= 0.6 is 0 Å². The summed E-state index contributed by atoms with van der Waals surface area (Å²) in [6.07, 6.45) is 2.93. The second-order valence-electron chi connectivity index (χ2n) is 7.12. The van der Waals surface area contributed by atoms with Crippen molar-refractivity contribution in [1.82, 2.24) is 0 Å². The molecule has 2 bridgehead atoms. The molecule has 0 N–H and O–H groups in total. The molecular weight excluding hydrogens is 156 g/mol. The van der Waals surface area contributed by atoms with Crippen LogP contribution in [-0.4, -0.2) is 0 Å². The molecule has 2 fully saturated rings. The molecule has 2 atom stereocenters. The first-order valence-corrected chi connectivity index (χ1v) is 5.69. The first-order valence-electron chi connectivity index (χ1n) is 5.69. The summed E-state index contributed by atoms with van der Waals surface area (Å²) in [4.78, 5) is 0. The zero-order chi connectivity index (χ0) is 10.1. The fourth-order valence-corrected chi connectivity index (χ4v) is 4.26. The van der Waals surface area contributed by atoms with Gasteiger partial charge < -0.3 is 0 Å². The summed E-state index contributed by atoms with van der Waals surface area (Å²) in [5.74, 6) is 1.92. The van der Waals surface area contributed by atoms with Crippen molar-refractivity contribution in [3.63, 3.8) is 0 Å². The Bertz CT molecular complexity index is 232. The van der Waals surface area contributed by atoms with Crippen LogP contribution in [0.2, 0.25) is 0 Å². The molecule has 0 aromatic heterocycles. The van der Waals surface area contributed by atoms with Gasteiger partial charge in [0.2, 0.25) is 0 Å². The average molecular weight is 180 g/mol. The van der Waals surface area contributed by atoms with Crippen molar-refractivity contribution in [2.24, 2.45) is 28.1 Å². The zero-order valence-electron chi connectivity index (χ0n) is 10.1. The number of hydrogen-bond donors (Lipinski definition) is 0. The van der Waals surface area contributed by atoms with Gasteiger partial charge in [0.15, 0.2) is 0 Å².